The number of benzene rings is 3. The van der Waals surface area contributed by atoms with Crippen molar-refractivity contribution in [2.45, 2.75) is 18.7 Å². The molecule has 3 aromatic carbocycles. The molecule has 8 heteroatoms. The van der Waals surface area contributed by atoms with Crippen LogP contribution in [-0.4, -0.2) is 26.1 Å². The highest BCUT2D eigenvalue weighted by Crippen LogP contribution is 2.30. The van der Waals surface area contributed by atoms with Gasteiger partial charge in [-0.15, -0.1) is 0 Å². The van der Waals surface area contributed by atoms with Gasteiger partial charge in [0, 0.05) is 5.02 Å². The number of carbonyl (C=O) groups is 1. The molecule has 0 saturated carbocycles. The van der Waals surface area contributed by atoms with E-state index in [2.05, 4.69) is 4.72 Å². The van der Waals surface area contributed by atoms with Crippen molar-refractivity contribution in [3.05, 3.63) is 76.8 Å². The van der Waals surface area contributed by atoms with Crippen LogP contribution >= 0.6 is 11.6 Å². The monoisotopic (exact) mass is 445 g/mol. The Morgan fingerprint density at radius 2 is 1.87 bits per heavy atom. The molecule has 0 saturated heterocycles. The van der Waals surface area contributed by atoms with Gasteiger partial charge in [-0.05, 0) is 73.0 Å². The lowest BCUT2D eigenvalue weighted by Gasteiger charge is -2.13. The molecule has 3 aromatic rings. The highest BCUT2D eigenvalue weighted by atomic mass is 35.5. The summed E-state index contributed by atoms with van der Waals surface area (Å²) in [7, 11) is -4.00. The van der Waals surface area contributed by atoms with Gasteiger partial charge in [-0.3, -0.25) is 4.72 Å². The van der Waals surface area contributed by atoms with E-state index in [4.69, 9.17) is 16.3 Å². The maximum absolute atomic E-state index is 12.8. The number of sulfonamides is 1. The van der Waals surface area contributed by atoms with Crippen molar-refractivity contribution in [1.29, 1.82) is 0 Å². The van der Waals surface area contributed by atoms with Gasteiger partial charge in [-0.1, -0.05) is 29.8 Å². The normalized spacial score (nSPS) is 11.2. The summed E-state index contributed by atoms with van der Waals surface area (Å²) in [5.41, 5.74) is 2.24. The second-order valence-corrected chi connectivity index (χ2v) is 8.66. The molecule has 2 N–H and O–H groups in total. The average molecular weight is 446 g/mol. The molecule has 156 valence electrons. The van der Waals surface area contributed by atoms with E-state index in [1.807, 2.05) is 38.1 Å². The predicted octanol–water partition coefficient (Wildman–Crippen LogP) is 5.21. The van der Waals surface area contributed by atoms with E-state index in [1.165, 1.54) is 24.3 Å². The Hall–Kier alpha value is -3.03. The Bertz CT molecular complexity index is 1210. The van der Waals surface area contributed by atoms with Crippen LogP contribution in [0.5, 0.6) is 5.75 Å². The third-order valence-electron chi connectivity index (χ3n) is 4.42. The third-order valence-corrected chi connectivity index (χ3v) is 6.02. The quantitative estimate of drug-likeness (QED) is 0.520. The summed E-state index contributed by atoms with van der Waals surface area (Å²) >= 11 is 5.83. The van der Waals surface area contributed by atoms with Crippen LogP contribution in [0.2, 0.25) is 5.02 Å². The minimum atomic E-state index is -4.00. The maximum atomic E-state index is 12.8. The van der Waals surface area contributed by atoms with Crippen molar-refractivity contribution in [3.63, 3.8) is 0 Å². The summed E-state index contributed by atoms with van der Waals surface area (Å²) in [5.74, 6) is -0.549. The van der Waals surface area contributed by atoms with Crippen molar-refractivity contribution in [2.75, 3.05) is 11.3 Å². The van der Waals surface area contributed by atoms with Crippen LogP contribution in [0.4, 0.5) is 5.69 Å². The lowest BCUT2D eigenvalue weighted by atomic mass is 10.0. The minimum absolute atomic E-state index is 0.0241. The number of rotatable bonds is 7. The molecule has 0 amide bonds. The number of halogens is 1. The first-order valence-corrected chi connectivity index (χ1v) is 11.0. The fourth-order valence-electron chi connectivity index (χ4n) is 3.03. The van der Waals surface area contributed by atoms with Crippen LogP contribution < -0.4 is 9.46 Å². The lowest BCUT2D eigenvalue weighted by molar-refractivity contribution is 0.0698. The molecule has 0 heterocycles. The molecule has 0 spiro atoms. The van der Waals surface area contributed by atoms with Crippen LogP contribution in [0.15, 0.2) is 65.6 Å². The second kappa shape index (κ2) is 8.77. The number of ether oxygens (including phenoxy) is 1. The van der Waals surface area contributed by atoms with E-state index in [9.17, 15) is 18.3 Å². The van der Waals surface area contributed by atoms with Gasteiger partial charge in [0.15, 0.2) is 0 Å². The first-order chi connectivity index (χ1) is 14.2. The standard InChI is InChI=1S/C22H20ClNO5S/c1-3-29-17-6-4-5-15(12-17)19-9-8-18(11-14(19)2)30(27,28)24-21-10-7-16(23)13-20(21)22(25)26/h4-13,24H,3H2,1-2H3,(H,25,26). The first kappa shape index (κ1) is 21.7. The summed E-state index contributed by atoms with van der Waals surface area (Å²) in [6, 6.07) is 16.2. The molecule has 0 fully saturated rings. The number of aromatic carboxylic acids is 1. The van der Waals surface area contributed by atoms with E-state index in [0.717, 1.165) is 22.4 Å². The lowest BCUT2D eigenvalue weighted by Crippen LogP contribution is -2.15. The molecule has 0 unspecified atom stereocenters. The number of aryl methyl sites for hydroxylation is 1. The molecule has 0 atom stereocenters. The fraction of sp³-hybridized carbons (Fsp3) is 0.136. The zero-order chi connectivity index (χ0) is 21.9. The van der Waals surface area contributed by atoms with Crippen LogP contribution in [0.3, 0.4) is 0 Å². The number of nitrogens with one attached hydrogen (secondary N) is 1. The number of hydrogen-bond acceptors (Lipinski definition) is 4. The Balaban J connectivity index is 1.94. The zero-order valence-corrected chi connectivity index (χ0v) is 17.9. The molecule has 3 rings (SSSR count). The highest BCUT2D eigenvalue weighted by Gasteiger charge is 2.20. The van der Waals surface area contributed by atoms with Gasteiger partial charge >= 0.3 is 5.97 Å². The molecule has 0 radical (unpaired) electrons. The smallest absolute Gasteiger partial charge is 0.337 e. The molecule has 0 aliphatic carbocycles. The summed E-state index contributed by atoms with van der Waals surface area (Å²) < 4.78 is 33.6. The van der Waals surface area contributed by atoms with Gasteiger partial charge in [0.2, 0.25) is 0 Å². The van der Waals surface area contributed by atoms with Crippen molar-refractivity contribution < 1.29 is 23.1 Å². The van der Waals surface area contributed by atoms with Gasteiger partial charge in [0.25, 0.3) is 10.0 Å². The molecule has 30 heavy (non-hydrogen) atoms. The summed E-state index contributed by atoms with van der Waals surface area (Å²) in [4.78, 5) is 11.4. The Kier molecular flexibility index (Phi) is 6.34. The summed E-state index contributed by atoms with van der Waals surface area (Å²) in [6.45, 7) is 4.27. The van der Waals surface area contributed by atoms with Crippen molar-refractivity contribution >= 4 is 33.3 Å². The van der Waals surface area contributed by atoms with Crippen LogP contribution in [0.25, 0.3) is 11.1 Å². The highest BCUT2D eigenvalue weighted by molar-refractivity contribution is 7.92. The van der Waals surface area contributed by atoms with Crippen molar-refractivity contribution in [3.8, 4) is 16.9 Å². The summed E-state index contributed by atoms with van der Waals surface area (Å²) in [5, 5.41) is 9.52. The molecular weight excluding hydrogens is 426 g/mol. The van der Waals surface area contributed by atoms with Gasteiger partial charge in [0.05, 0.1) is 22.8 Å². The van der Waals surface area contributed by atoms with Crippen LogP contribution in [0, 0.1) is 6.92 Å². The Labute approximate surface area is 180 Å². The van der Waals surface area contributed by atoms with E-state index < -0.39 is 16.0 Å². The molecule has 0 aliphatic rings. The predicted molar refractivity (Wildman–Crippen MR) is 117 cm³/mol. The number of anilines is 1. The van der Waals surface area contributed by atoms with E-state index >= 15 is 0 Å². The molecule has 0 bridgehead atoms. The SMILES string of the molecule is CCOc1cccc(-c2ccc(S(=O)(=O)Nc3ccc(Cl)cc3C(=O)O)cc2C)c1. The van der Waals surface area contributed by atoms with E-state index in [-0.39, 0.29) is 21.2 Å². The van der Waals surface area contributed by atoms with Crippen molar-refractivity contribution in [2.24, 2.45) is 0 Å². The third kappa shape index (κ3) is 4.75. The van der Waals surface area contributed by atoms with Gasteiger partial charge in [0.1, 0.15) is 5.75 Å². The van der Waals surface area contributed by atoms with Gasteiger partial charge in [-0.2, -0.15) is 0 Å². The minimum Gasteiger partial charge on any atom is -0.494 e. The number of carboxylic acid groups (broad SMARTS) is 1. The molecule has 6 nitrogen and oxygen atoms in total. The largest absolute Gasteiger partial charge is 0.494 e. The molecular formula is C22H20ClNO5S. The van der Waals surface area contributed by atoms with Crippen LogP contribution in [0.1, 0.15) is 22.8 Å². The zero-order valence-electron chi connectivity index (χ0n) is 16.3. The number of hydrogen-bond donors (Lipinski definition) is 2. The Morgan fingerprint density at radius 3 is 2.53 bits per heavy atom. The topological polar surface area (TPSA) is 92.7 Å². The Morgan fingerprint density at radius 1 is 1.10 bits per heavy atom. The van der Waals surface area contributed by atoms with Gasteiger partial charge < -0.3 is 9.84 Å². The van der Waals surface area contributed by atoms with E-state index in [1.54, 1.807) is 12.1 Å². The van der Waals surface area contributed by atoms with Crippen molar-refractivity contribution in [1.82, 2.24) is 0 Å². The first-order valence-electron chi connectivity index (χ1n) is 9.11. The maximum Gasteiger partial charge on any atom is 0.337 e. The fourth-order valence-corrected chi connectivity index (χ4v) is 4.37. The molecule has 0 aromatic heterocycles. The summed E-state index contributed by atoms with van der Waals surface area (Å²) in [6.07, 6.45) is 0. The second-order valence-electron chi connectivity index (χ2n) is 6.54. The number of carboxylic acids is 1. The van der Waals surface area contributed by atoms with Gasteiger partial charge in [-0.25, -0.2) is 13.2 Å². The van der Waals surface area contributed by atoms with E-state index in [0.29, 0.717) is 6.61 Å². The molecule has 0 aliphatic heterocycles. The average Bonchev–Trinajstić information content (AvgIpc) is 2.69. The van der Waals surface area contributed by atoms with Crippen LogP contribution in [-0.2, 0) is 10.0 Å².